The number of aliphatic carboxylic acids is 1. The van der Waals surface area contributed by atoms with Gasteiger partial charge in [0, 0.05) is 19.2 Å². The van der Waals surface area contributed by atoms with Gasteiger partial charge < -0.3 is 15.7 Å². The molecule has 1 atom stereocenters. The summed E-state index contributed by atoms with van der Waals surface area (Å²) in [5.74, 6) is -0.662. The second-order valence-electron chi connectivity index (χ2n) is 5.32. The zero-order chi connectivity index (χ0) is 15.8. The van der Waals surface area contributed by atoms with Gasteiger partial charge in [-0.05, 0) is 30.9 Å². The highest BCUT2D eigenvalue weighted by Crippen LogP contribution is 2.22. The van der Waals surface area contributed by atoms with Crippen molar-refractivity contribution in [2.45, 2.75) is 39.7 Å². The summed E-state index contributed by atoms with van der Waals surface area (Å²) in [6, 6.07) is 3.35. The summed E-state index contributed by atoms with van der Waals surface area (Å²) in [4.78, 5) is 26.6. The van der Waals surface area contributed by atoms with Gasteiger partial charge in [-0.3, -0.25) is 9.78 Å². The van der Waals surface area contributed by atoms with Crippen molar-refractivity contribution in [3.05, 3.63) is 29.6 Å². The van der Waals surface area contributed by atoms with E-state index in [0.717, 1.165) is 11.3 Å². The summed E-state index contributed by atoms with van der Waals surface area (Å²) in [5.41, 5.74) is 1.88. The van der Waals surface area contributed by atoms with Crippen LogP contribution in [0, 0.1) is 12.8 Å². The summed E-state index contributed by atoms with van der Waals surface area (Å²) in [7, 11) is 0. The van der Waals surface area contributed by atoms with Crippen LogP contribution in [0.2, 0.25) is 0 Å². The SMILES string of the molecule is Cc1cccnc1C(NC(=O)NCCCC(=O)O)C(C)C. The van der Waals surface area contributed by atoms with E-state index in [-0.39, 0.29) is 24.4 Å². The van der Waals surface area contributed by atoms with E-state index in [1.165, 1.54) is 0 Å². The molecular formula is C15H23N3O3. The van der Waals surface area contributed by atoms with Gasteiger partial charge in [0.2, 0.25) is 0 Å². The molecule has 2 amide bonds. The van der Waals surface area contributed by atoms with E-state index >= 15 is 0 Å². The topological polar surface area (TPSA) is 91.3 Å². The molecule has 116 valence electrons. The number of nitrogens with zero attached hydrogens (tertiary/aromatic N) is 1. The number of rotatable bonds is 7. The van der Waals surface area contributed by atoms with Gasteiger partial charge in [-0.25, -0.2) is 4.79 Å². The van der Waals surface area contributed by atoms with E-state index in [1.54, 1.807) is 6.20 Å². The summed E-state index contributed by atoms with van der Waals surface area (Å²) < 4.78 is 0. The standard InChI is InChI=1S/C15H23N3O3/c1-10(2)13(14-11(3)6-4-8-16-14)18-15(21)17-9-5-7-12(19)20/h4,6,8,10,13H,5,7,9H2,1-3H3,(H,19,20)(H2,17,18,21). The Balaban J connectivity index is 2.57. The Morgan fingerprint density at radius 3 is 2.67 bits per heavy atom. The maximum Gasteiger partial charge on any atom is 0.315 e. The third kappa shape index (κ3) is 5.81. The molecule has 1 heterocycles. The van der Waals surface area contributed by atoms with Crippen molar-refractivity contribution in [2.75, 3.05) is 6.54 Å². The number of hydrogen-bond acceptors (Lipinski definition) is 3. The lowest BCUT2D eigenvalue weighted by atomic mass is 9.97. The minimum Gasteiger partial charge on any atom is -0.481 e. The van der Waals surface area contributed by atoms with Crippen LogP contribution in [-0.4, -0.2) is 28.6 Å². The minimum atomic E-state index is -0.860. The van der Waals surface area contributed by atoms with E-state index < -0.39 is 5.97 Å². The van der Waals surface area contributed by atoms with Crippen LogP contribution in [0.1, 0.15) is 44.0 Å². The summed E-state index contributed by atoms with van der Waals surface area (Å²) in [5, 5.41) is 14.1. The molecule has 6 heteroatoms. The van der Waals surface area contributed by atoms with Crippen molar-refractivity contribution in [2.24, 2.45) is 5.92 Å². The van der Waals surface area contributed by atoms with Crippen LogP contribution in [0.25, 0.3) is 0 Å². The van der Waals surface area contributed by atoms with Crippen molar-refractivity contribution in [1.82, 2.24) is 15.6 Å². The average molecular weight is 293 g/mol. The fourth-order valence-electron chi connectivity index (χ4n) is 2.01. The van der Waals surface area contributed by atoms with Gasteiger partial charge >= 0.3 is 12.0 Å². The number of hydrogen-bond donors (Lipinski definition) is 3. The molecule has 0 radical (unpaired) electrons. The molecule has 0 saturated carbocycles. The van der Waals surface area contributed by atoms with Crippen LogP contribution in [0.5, 0.6) is 0 Å². The van der Waals surface area contributed by atoms with Gasteiger partial charge in [0.05, 0.1) is 11.7 Å². The highest BCUT2D eigenvalue weighted by molar-refractivity contribution is 5.74. The lowest BCUT2D eigenvalue weighted by Gasteiger charge is -2.23. The first-order valence-electron chi connectivity index (χ1n) is 7.09. The number of pyridine rings is 1. The maximum atomic E-state index is 11.9. The zero-order valence-corrected chi connectivity index (χ0v) is 12.7. The third-order valence-electron chi connectivity index (χ3n) is 3.15. The van der Waals surface area contributed by atoms with Gasteiger partial charge in [0.1, 0.15) is 0 Å². The highest BCUT2D eigenvalue weighted by atomic mass is 16.4. The predicted molar refractivity (Wildman–Crippen MR) is 80.0 cm³/mol. The second kappa shape index (κ2) is 8.24. The molecule has 1 unspecified atom stereocenters. The van der Waals surface area contributed by atoms with Crippen molar-refractivity contribution in [3.8, 4) is 0 Å². The van der Waals surface area contributed by atoms with E-state index in [9.17, 15) is 9.59 Å². The lowest BCUT2D eigenvalue weighted by molar-refractivity contribution is -0.137. The van der Waals surface area contributed by atoms with Gasteiger partial charge in [-0.2, -0.15) is 0 Å². The Labute approximate surface area is 125 Å². The molecule has 21 heavy (non-hydrogen) atoms. The first-order valence-corrected chi connectivity index (χ1v) is 7.09. The molecule has 1 aromatic heterocycles. The number of urea groups is 1. The summed E-state index contributed by atoms with van der Waals surface area (Å²) in [6.07, 6.45) is 2.18. The molecule has 0 saturated heterocycles. The average Bonchev–Trinajstić information content (AvgIpc) is 2.41. The Morgan fingerprint density at radius 2 is 2.10 bits per heavy atom. The van der Waals surface area contributed by atoms with Crippen LogP contribution in [-0.2, 0) is 4.79 Å². The fraction of sp³-hybridized carbons (Fsp3) is 0.533. The predicted octanol–water partition coefficient (Wildman–Crippen LogP) is 2.25. The first kappa shape index (κ1) is 16.9. The van der Waals surface area contributed by atoms with Crippen LogP contribution in [0.15, 0.2) is 18.3 Å². The molecular weight excluding hydrogens is 270 g/mol. The molecule has 0 aliphatic rings. The van der Waals surface area contributed by atoms with Crippen molar-refractivity contribution in [1.29, 1.82) is 0 Å². The molecule has 0 fully saturated rings. The normalized spacial score (nSPS) is 12.0. The van der Waals surface area contributed by atoms with Gasteiger partial charge in [0.15, 0.2) is 0 Å². The maximum absolute atomic E-state index is 11.9. The van der Waals surface area contributed by atoms with Crippen LogP contribution >= 0.6 is 0 Å². The Bertz CT molecular complexity index is 489. The highest BCUT2D eigenvalue weighted by Gasteiger charge is 2.20. The van der Waals surface area contributed by atoms with Crippen molar-refractivity contribution < 1.29 is 14.7 Å². The fourth-order valence-corrected chi connectivity index (χ4v) is 2.01. The Hall–Kier alpha value is -2.11. The van der Waals surface area contributed by atoms with Gasteiger partial charge in [0.25, 0.3) is 0 Å². The van der Waals surface area contributed by atoms with Crippen LogP contribution in [0.4, 0.5) is 4.79 Å². The minimum absolute atomic E-state index is 0.0488. The first-order chi connectivity index (χ1) is 9.91. The lowest BCUT2D eigenvalue weighted by Crippen LogP contribution is -2.40. The van der Waals surface area contributed by atoms with Crippen LogP contribution in [0.3, 0.4) is 0 Å². The van der Waals surface area contributed by atoms with Crippen LogP contribution < -0.4 is 10.6 Å². The number of carbonyl (C=O) groups is 2. The van der Waals surface area contributed by atoms with E-state index in [4.69, 9.17) is 5.11 Å². The Morgan fingerprint density at radius 1 is 1.38 bits per heavy atom. The van der Waals surface area contributed by atoms with E-state index in [0.29, 0.717) is 13.0 Å². The number of aromatic nitrogens is 1. The number of nitrogens with one attached hydrogen (secondary N) is 2. The Kier molecular flexibility index (Phi) is 6.65. The number of carboxylic acid groups (broad SMARTS) is 1. The molecule has 0 aliphatic heterocycles. The number of amides is 2. The van der Waals surface area contributed by atoms with E-state index in [2.05, 4.69) is 15.6 Å². The summed E-state index contributed by atoms with van der Waals surface area (Å²) in [6.45, 7) is 6.33. The van der Waals surface area contributed by atoms with Crippen molar-refractivity contribution >= 4 is 12.0 Å². The molecule has 0 bridgehead atoms. The molecule has 3 N–H and O–H groups in total. The second-order valence-corrected chi connectivity index (χ2v) is 5.32. The molecule has 0 spiro atoms. The van der Waals surface area contributed by atoms with E-state index in [1.807, 2.05) is 32.9 Å². The molecule has 1 rings (SSSR count). The number of carbonyl (C=O) groups excluding carboxylic acids is 1. The molecule has 0 aromatic carbocycles. The third-order valence-corrected chi connectivity index (χ3v) is 3.15. The summed E-state index contributed by atoms with van der Waals surface area (Å²) >= 11 is 0. The largest absolute Gasteiger partial charge is 0.481 e. The zero-order valence-electron chi connectivity index (χ0n) is 12.7. The molecule has 6 nitrogen and oxygen atoms in total. The monoisotopic (exact) mass is 293 g/mol. The quantitative estimate of drug-likeness (QED) is 0.672. The van der Waals surface area contributed by atoms with Gasteiger partial charge in [-0.15, -0.1) is 0 Å². The molecule has 1 aromatic rings. The smallest absolute Gasteiger partial charge is 0.315 e. The number of aryl methyl sites for hydroxylation is 1. The molecule has 0 aliphatic carbocycles. The van der Waals surface area contributed by atoms with Crippen molar-refractivity contribution in [3.63, 3.8) is 0 Å². The van der Waals surface area contributed by atoms with Gasteiger partial charge in [-0.1, -0.05) is 19.9 Å². The number of carboxylic acids is 1.